The van der Waals surface area contributed by atoms with E-state index in [9.17, 15) is 18.8 Å². The highest BCUT2D eigenvalue weighted by Gasteiger charge is 2.22. The van der Waals surface area contributed by atoms with Crippen LogP contribution in [0.1, 0.15) is 18.4 Å². The number of aliphatic hydroxyl groups is 1. The third-order valence-corrected chi connectivity index (χ3v) is 6.57. The van der Waals surface area contributed by atoms with Gasteiger partial charge < -0.3 is 31.1 Å². The average Bonchev–Trinajstić information content (AvgIpc) is 2.96. The van der Waals surface area contributed by atoms with E-state index in [1.807, 2.05) is 24.3 Å². The number of pyridine rings is 1. The molecule has 3 rings (SSSR count). The molecule has 2 aromatic carbocycles. The molecule has 13 heteroatoms. The summed E-state index contributed by atoms with van der Waals surface area (Å²) in [4.78, 5) is 42.8. The fourth-order valence-corrected chi connectivity index (χ4v) is 3.96. The molecule has 0 fully saturated rings. The Balaban J connectivity index is 1.59. The summed E-state index contributed by atoms with van der Waals surface area (Å²) in [5.41, 5.74) is 5.90. The second-order valence-electron chi connectivity index (χ2n) is 9.00. The minimum Gasteiger partial charge on any atom is -0.447 e. The van der Waals surface area contributed by atoms with Gasteiger partial charge in [0, 0.05) is 31.7 Å². The molecule has 2 atom stereocenters. The maximum Gasteiger partial charge on any atom is 0.412 e. The predicted molar refractivity (Wildman–Crippen MR) is 149 cm³/mol. The smallest absolute Gasteiger partial charge is 0.412 e. The van der Waals surface area contributed by atoms with E-state index in [1.54, 1.807) is 18.3 Å². The van der Waals surface area contributed by atoms with Crippen LogP contribution >= 0.6 is 11.6 Å². The van der Waals surface area contributed by atoms with Gasteiger partial charge in [-0.2, -0.15) is 0 Å². The Morgan fingerprint density at radius 1 is 1.15 bits per heavy atom. The van der Waals surface area contributed by atoms with E-state index in [-0.39, 0.29) is 24.7 Å². The second-order valence-corrected chi connectivity index (χ2v) is 9.38. The summed E-state index contributed by atoms with van der Waals surface area (Å²) in [5, 5.41) is 18.6. The number of rotatable bonds is 12. The van der Waals surface area contributed by atoms with E-state index in [4.69, 9.17) is 27.2 Å². The molecule has 1 heterocycles. The number of hydrogen-bond acceptors (Lipinski definition) is 7. The number of urea groups is 1. The van der Waals surface area contributed by atoms with Gasteiger partial charge in [0.05, 0.1) is 17.7 Å². The van der Waals surface area contributed by atoms with Crippen LogP contribution in [0.25, 0.3) is 10.8 Å². The van der Waals surface area contributed by atoms with Crippen LogP contribution in [0.15, 0.2) is 54.7 Å². The van der Waals surface area contributed by atoms with Gasteiger partial charge in [-0.15, -0.1) is 0 Å². The van der Waals surface area contributed by atoms with Gasteiger partial charge >= 0.3 is 12.1 Å². The molecule has 40 heavy (non-hydrogen) atoms. The molecule has 4 amide bonds. The Morgan fingerprint density at radius 2 is 1.90 bits per heavy atom. The number of benzene rings is 2. The molecule has 0 aliphatic heterocycles. The maximum atomic E-state index is 13.7. The molecule has 0 unspecified atom stereocenters. The number of aromatic nitrogens is 1. The van der Waals surface area contributed by atoms with Crippen LogP contribution in [0.4, 0.5) is 19.8 Å². The Labute approximate surface area is 235 Å². The molecule has 6 N–H and O–H groups in total. The zero-order chi connectivity index (χ0) is 29.1. The summed E-state index contributed by atoms with van der Waals surface area (Å²) in [6, 6.07) is 11.4. The molecule has 0 spiro atoms. The summed E-state index contributed by atoms with van der Waals surface area (Å²) < 4.78 is 19.1. The fourth-order valence-electron chi connectivity index (χ4n) is 3.76. The van der Waals surface area contributed by atoms with Crippen LogP contribution in [0, 0.1) is 5.82 Å². The lowest BCUT2D eigenvalue weighted by Crippen LogP contribution is -2.46. The van der Waals surface area contributed by atoms with Crippen molar-refractivity contribution in [2.24, 2.45) is 5.73 Å². The summed E-state index contributed by atoms with van der Waals surface area (Å²) in [7, 11) is 1.53. The first-order chi connectivity index (χ1) is 19.2. The zero-order valence-corrected chi connectivity index (χ0v) is 22.7. The minimum absolute atomic E-state index is 0.0173. The zero-order valence-electron chi connectivity index (χ0n) is 21.9. The summed E-state index contributed by atoms with van der Waals surface area (Å²) in [5.74, 6) is -0.792. The monoisotopic (exact) mass is 574 g/mol. The first kappa shape index (κ1) is 30.5. The number of ether oxygens (including phenoxy) is 1. The Hall–Kier alpha value is -4.00. The van der Waals surface area contributed by atoms with Gasteiger partial charge in [0.2, 0.25) is 5.91 Å². The molecule has 0 bridgehead atoms. The number of amides is 4. The number of nitrogens with zero attached hydrogens (tertiary/aromatic N) is 2. The quantitative estimate of drug-likeness (QED) is 0.208. The van der Waals surface area contributed by atoms with Gasteiger partial charge in [-0.25, -0.2) is 19.0 Å². The standard InChI is InChI=1S/C27H32ClFN6O5/c1-35(26(38)33-14-19-8-4-10-21(29)24(19)28)20(9-5-11-31-25(37)22(30)15-36)16-40-27(39)34-23-12-17-6-2-3-7-18(17)13-32-23/h2-4,6-8,10,12-13,20,22,36H,5,9,11,14-16,30H2,1H3,(H,31,37)(H,33,38)(H,32,34,39)/t20-,22+/m0/s1. The Morgan fingerprint density at radius 3 is 2.65 bits per heavy atom. The summed E-state index contributed by atoms with van der Waals surface area (Å²) >= 11 is 5.98. The minimum atomic E-state index is -1.03. The van der Waals surface area contributed by atoms with Gasteiger partial charge in [-0.1, -0.05) is 48.0 Å². The molecule has 0 radical (unpaired) electrons. The number of carbonyl (C=O) groups excluding carboxylic acids is 3. The van der Waals surface area contributed by atoms with Crippen molar-refractivity contribution < 1.29 is 28.6 Å². The molecule has 0 aliphatic carbocycles. The van der Waals surface area contributed by atoms with E-state index in [0.29, 0.717) is 24.2 Å². The maximum absolute atomic E-state index is 13.7. The van der Waals surface area contributed by atoms with Crippen molar-refractivity contribution in [3.8, 4) is 0 Å². The first-order valence-electron chi connectivity index (χ1n) is 12.6. The van der Waals surface area contributed by atoms with Crippen molar-refractivity contribution in [1.29, 1.82) is 0 Å². The van der Waals surface area contributed by atoms with Crippen LogP contribution in [-0.4, -0.2) is 71.9 Å². The number of halogens is 2. The molecule has 3 aromatic rings. The molecule has 0 saturated carbocycles. The number of aliphatic hydroxyl groups excluding tert-OH is 1. The second kappa shape index (κ2) is 15.0. The number of hydrogen-bond donors (Lipinski definition) is 5. The molecule has 0 aliphatic rings. The molecular weight excluding hydrogens is 543 g/mol. The molecular formula is C27H32ClFN6O5. The average molecular weight is 575 g/mol. The normalized spacial score (nSPS) is 12.3. The fraction of sp³-hybridized carbons (Fsp3) is 0.333. The van der Waals surface area contributed by atoms with Gasteiger partial charge in [-0.05, 0) is 35.9 Å². The summed E-state index contributed by atoms with van der Waals surface area (Å²) in [6.07, 6.45) is 1.64. The highest BCUT2D eigenvalue weighted by Crippen LogP contribution is 2.20. The molecule has 1 aromatic heterocycles. The van der Waals surface area contributed by atoms with Crippen molar-refractivity contribution in [2.45, 2.75) is 31.5 Å². The lowest BCUT2D eigenvalue weighted by Gasteiger charge is -2.28. The highest BCUT2D eigenvalue weighted by molar-refractivity contribution is 6.31. The lowest BCUT2D eigenvalue weighted by molar-refractivity contribution is -0.123. The van der Waals surface area contributed by atoms with Crippen LogP contribution in [0.2, 0.25) is 5.02 Å². The van der Waals surface area contributed by atoms with E-state index in [1.165, 1.54) is 24.1 Å². The third-order valence-electron chi connectivity index (χ3n) is 6.14. The van der Waals surface area contributed by atoms with Crippen molar-refractivity contribution in [3.63, 3.8) is 0 Å². The van der Waals surface area contributed by atoms with Crippen molar-refractivity contribution in [1.82, 2.24) is 20.5 Å². The lowest BCUT2D eigenvalue weighted by atomic mass is 10.1. The van der Waals surface area contributed by atoms with E-state index >= 15 is 0 Å². The third kappa shape index (κ3) is 8.76. The Kier molecular flexibility index (Phi) is 11.4. The summed E-state index contributed by atoms with van der Waals surface area (Å²) in [6.45, 7) is -0.433. The first-order valence-corrected chi connectivity index (χ1v) is 12.9. The number of nitrogens with one attached hydrogen (secondary N) is 3. The number of fused-ring (bicyclic) bond motifs is 1. The van der Waals surface area contributed by atoms with Crippen molar-refractivity contribution in [3.05, 3.63) is 71.1 Å². The molecule has 214 valence electrons. The van der Waals surface area contributed by atoms with Crippen LogP contribution < -0.4 is 21.7 Å². The van der Waals surface area contributed by atoms with E-state index in [2.05, 4.69) is 20.9 Å². The number of anilines is 1. The van der Waals surface area contributed by atoms with E-state index < -0.39 is 42.5 Å². The Bertz CT molecular complexity index is 1330. The van der Waals surface area contributed by atoms with Crippen molar-refractivity contribution >= 4 is 46.2 Å². The molecule has 11 nitrogen and oxygen atoms in total. The van der Waals surface area contributed by atoms with Crippen LogP contribution in [-0.2, 0) is 16.1 Å². The number of likely N-dealkylation sites (N-methyl/N-ethyl adjacent to an activating group) is 1. The van der Waals surface area contributed by atoms with E-state index in [0.717, 1.165) is 10.8 Å². The molecule has 0 saturated heterocycles. The highest BCUT2D eigenvalue weighted by atomic mass is 35.5. The van der Waals surface area contributed by atoms with Crippen LogP contribution in [0.5, 0.6) is 0 Å². The number of nitrogens with two attached hydrogens (primary N) is 1. The van der Waals surface area contributed by atoms with Crippen molar-refractivity contribution in [2.75, 3.05) is 32.1 Å². The predicted octanol–water partition coefficient (Wildman–Crippen LogP) is 3.00. The van der Waals surface area contributed by atoms with Gasteiger partial charge in [-0.3, -0.25) is 10.1 Å². The SMILES string of the molecule is CN(C(=O)NCc1cccc(F)c1Cl)[C@@H](CCCNC(=O)[C@H](N)CO)COC(=O)Nc1cc2ccccc2cn1. The number of carbonyl (C=O) groups is 3. The topological polar surface area (TPSA) is 159 Å². The van der Waals surface area contributed by atoms with Crippen LogP contribution in [0.3, 0.4) is 0 Å². The largest absolute Gasteiger partial charge is 0.447 e. The van der Waals surface area contributed by atoms with Gasteiger partial charge in [0.15, 0.2) is 0 Å². The van der Waals surface area contributed by atoms with Gasteiger partial charge in [0.25, 0.3) is 0 Å². The van der Waals surface area contributed by atoms with Gasteiger partial charge in [0.1, 0.15) is 24.3 Å².